The zero-order valence-electron chi connectivity index (χ0n) is 18.4. The van der Waals surface area contributed by atoms with Crippen molar-refractivity contribution in [1.82, 2.24) is 0 Å². The first-order valence-corrected chi connectivity index (χ1v) is 11.8. The molecule has 1 heterocycles. The van der Waals surface area contributed by atoms with E-state index in [1.165, 1.54) is 31.1 Å². The highest BCUT2D eigenvalue weighted by molar-refractivity contribution is 8.02. The lowest BCUT2D eigenvalue weighted by molar-refractivity contribution is -0.139. The maximum atomic E-state index is 12.2. The fraction of sp³-hybridized carbons (Fsp3) is 0.826. The molecule has 27 heavy (non-hydrogen) atoms. The van der Waals surface area contributed by atoms with E-state index in [9.17, 15) is 9.59 Å². The third-order valence-electron chi connectivity index (χ3n) is 5.88. The van der Waals surface area contributed by atoms with Gasteiger partial charge in [-0.1, -0.05) is 46.1 Å². The number of hydrogen-bond donors (Lipinski definition) is 0. The van der Waals surface area contributed by atoms with E-state index in [2.05, 4.69) is 20.8 Å². The SMILES string of the molecule is CC.CCCC1(C)SC(C(=O)OC)C(CC)=C1CCCCC1CCC(=O)C1. The molecular weight excluding hydrogens is 356 g/mol. The van der Waals surface area contributed by atoms with Crippen LogP contribution < -0.4 is 0 Å². The van der Waals surface area contributed by atoms with E-state index >= 15 is 0 Å². The van der Waals surface area contributed by atoms with E-state index in [1.807, 2.05) is 13.8 Å². The predicted octanol–water partition coefficient (Wildman–Crippen LogP) is 6.50. The van der Waals surface area contributed by atoms with E-state index in [1.54, 1.807) is 11.8 Å². The van der Waals surface area contributed by atoms with Gasteiger partial charge in [0.05, 0.1) is 7.11 Å². The molecule has 3 atom stereocenters. The Bertz CT molecular complexity index is 526. The zero-order valence-corrected chi connectivity index (χ0v) is 19.2. The van der Waals surface area contributed by atoms with E-state index in [0.717, 1.165) is 51.4 Å². The van der Waals surface area contributed by atoms with Gasteiger partial charge in [-0.2, -0.15) is 0 Å². The van der Waals surface area contributed by atoms with Gasteiger partial charge in [-0.3, -0.25) is 9.59 Å². The van der Waals surface area contributed by atoms with Crippen LogP contribution in [0.1, 0.15) is 98.8 Å². The predicted molar refractivity (Wildman–Crippen MR) is 116 cm³/mol. The minimum Gasteiger partial charge on any atom is -0.468 e. The molecule has 1 aliphatic heterocycles. The second kappa shape index (κ2) is 11.9. The third-order valence-corrected chi connectivity index (χ3v) is 7.56. The number of Topliss-reactive ketones (excluding diaryl/α,β-unsaturated/α-hetero) is 1. The molecule has 156 valence electrons. The summed E-state index contributed by atoms with van der Waals surface area (Å²) < 4.78 is 5.14. The third kappa shape index (κ3) is 6.37. The van der Waals surface area contributed by atoms with E-state index in [0.29, 0.717) is 11.7 Å². The second-order valence-corrected chi connectivity index (χ2v) is 9.36. The molecule has 3 unspecified atom stereocenters. The Morgan fingerprint density at radius 3 is 2.48 bits per heavy atom. The maximum Gasteiger partial charge on any atom is 0.323 e. The lowest BCUT2D eigenvalue weighted by atomic mass is 9.85. The molecular formula is C23H40O3S. The van der Waals surface area contributed by atoms with Crippen LogP contribution in [-0.2, 0) is 14.3 Å². The Hall–Kier alpha value is -0.770. The highest BCUT2D eigenvalue weighted by Crippen LogP contribution is 2.52. The molecule has 0 N–H and O–H groups in total. The summed E-state index contributed by atoms with van der Waals surface area (Å²) in [5.74, 6) is 0.975. The number of hydrogen-bond acceptors (Lipinski definition) is 4. The molecule has 0 aromatic rings. The van der Waals surface area contributed by atoms with Crippen LogP contribution in [0.15, 0.2) is 11.1 Å². The molecule has 1 saturated carbocycles. The van der Waals surface area contributed by atoms with Gasteiger partial charge in [0.25, 0.3) is 0 Å². The molecule has 3 nitrogen and oxygen atoms in total. The van der Waals surface area contributed by atoms with Gasteiger partial charge in [0.2, 0.25) is 0 Å². The molecule has 0 spiro atoms. The Morgan fingerprint density at radius 2 is 1.96 bits per heavy atom. The summed E-state index contributed by atoms with van der Waals surface area (Å²) in [5.41, 5.74) is 2.81. The fourth-order valence-electron chi connectivity index (χ4n) is 4.58. The monoisotopic (exact) mass is 396 g/mol. The molecule has 0 bridgehead atoms. The minimum absolute atomic E-state index is 0.0717. The van der Waals surface area contributed by atoms with Gasteiger partial charge in [0, 0.05) is 17.6 Å². The van der Waals surface area contributed by atoms with Crippen molar-refractivity contribution in [3.8, 4) is 0 Å². The minimum atomic E-state index is -0.117. The van der Waals surface area contributed by atoms with Crippen LogP contribution in [-0.4, -0.2) is 28.9 Å². The molecule has 1 fully saturated rings. The number of thioether (sulfide) groups is 1. The van der Waals surface area contributed by atoms with Crippen LogP contribution in [0.4, 0.5) is 0 Å². The fourth-order valence-corrected chi connectivity index (χ4v) is 6.44. The number of rotatable bonds is 9. The normalized spacial score (nSPS) is 27.6. The first-order chi connectivity index (χ1) is 12.9. The van der Waals surface area contributed by atoms with Gasteiger partial charge < -0.3 is 4.74 Å². The number of unbranched alkanes of at least 4 members (excludes halogenated alkanes) is 1. The summed E-state index contributed by atoms with van der Waals surface area (Å²) >= 11 is 1.80. The van der Waals surface area contributed by atoms with Gasteiger partial charge in [0.1, 0.15) is 11.0 Å². The summed E-state index contributed by atoms with van der Waals surface area (Å²) in [6.07, 6.45) is 10.5. The smallest absolute Gasteiger partial charge is 0.323 e. The van der Waals surface area contributed by atoms with Crippen LogP contribution in [0.2, 0.25) is 0 Å². The molecule has 0 saturated heterocycles. The van der Waals surface area contributed by atoms with Crippen LogP contribution >= 0.6 is 11.8 Å². The first kappa shape index (κ1) is 24.3. The molecule has 2 rings (SSSR count). The van der Waals surface area contributed by atoms with Crippen molar-refractivity contribution in [3.63, 3.8) is 0 Å². The Kier molecular flexibility index (Phi) is 10.7. The lowest BCUT2D eigenvalue weighted by Gasteiger charge is -2.28. The Morgan fingerprint density at radius 1 is 1.26 bits per heavy atom. The van der Waals surface area contributed by atoms with Crippen molar-refractivity contribution in [3.05, 3.63) is 11.1 Å². The average Bonchev–Trinajstić information content (AvgIpc) is 3.20. The van der Waals surface area contributed by atoms with Crippen molar-refractivity contribution in [2.75, 3.05) is 7.11 Å². The first-order valence-electron chi connectivity index (χ1n) is 10.9. The van der Waals surface area contributed by atoms with Crippen molar-refractivity contribution < 1.29 is 14.3 Å². The molecule has 2 aliphatic rings. The molecule has 0 amide bonds. The Balaban J connectivity index is 0.00000176. The molecule has 0 aromatic heterocycles. The molecule has 4 heteroatoms. The largest absolute Gasteiger partial charge is 0.468 e. The van der Waals surface area contributed by atoms with E-state index in [-0.39, 0.29) is 16.0 Å². The van der Waals surface area contributed by atoms with Gasteiger partial charge in [-0.05, 0) is 56.9 Å². The van der Waals surface area contributed by atoms with Crippen molar-refractivity contribution in [1.29, 1.82) is 0 Å². The van der Waals surface area contributed by atoms with Crippen LogP contribution in [0, 0.1) is 5.92 Å². The van der Waals surface area contributed by atoms with Gasteiger partial charge in [0.15, 0.2) is 0 Å². The van der Waals surface area contributed by atoms with E-state index in [4.69, 9.17) is 4.74 Å². The van der Waals surface area contributed by atoms with E-state index < -0.39 is 0 Å². The van der Waals surface area contributed by atoms with Crippen molar-refractivity contribution in [2.24, 2.45) is 5.92 Å². The molecule has 1 aliphatic carbocycles. The standard InChI is InChI=1S/C21H34O3S.C2H6/c1-5-13-21(3)18(17(6-2)19(25-21)20(23)24-4)10-8-7-9-15-11-12-16(22)14-15;1-2/h15,19H,5-14H2,1-4H3;1-2H3. The number of ketones is 1. The summed E-state index contributed by atoms with van der Waals surface area (Å²) in [7, 11) is 1.49. The van der Waals surface area contributed by atoms with Gasteiger partial charge >= 0.3 is 5.97 Å². The number of methoxy groups -OCH3 is 1. The quantitative estimate of drug-likeness (QED) is 0.253. The summed E-state index contributed by atoms with van der Waals surface area (Å²) in [5, 5.41) is -0.117. The highest BCUT2D eigenvalue weighted by Gasteiger charge is 2.44. The number of ether oxygens (including phenoxy) is 1. The molecule has 0 radical (unpaired) electrons. The summed E-state index contributed by atoms with van der Waals surface area (Å²) in [4.78, 5) is 23.7. The van der Waals surface area contributed by atoms with Crippen LogP contribution in [0.5, 0.6) is 0 Å². The van der Waals surface area contributed by atoms with Gasteiger partial charge in [-0.25, -0.2) is 0 Å². The zero-order chi connectivity index (χ0) is 20.4. The highest BCUT2D eigenvalue weighted by atomic mass is 32.2. The maximum absolute atomic E-state index is 12.2. The number of carbonyl (C=O) groups is 2. The second-order valence-electron chi connectivity index (χ2n) is 7.75. The summed E-state index contributed by atoms with van der Waals surface area (Å²) in [6.45, 7) is 10.7. The number of esters is 1. The van der Waals surface area contributed by atoms with Crippen LogP contribution in [0.25, 0.3) is 0 Å². The number of carbonyl (C=O) groups excluding carboxylic acids is 2. The van der Waals surface area contributed by atoms with Crippen LogP contribution in [0.3, 0.4) is 0 Å². The van der Waals surface area contributed by atoms with Gasteiger partial charge in [-0.15, -0.1) is 11.8 Å². The Labute approximate surface area is 171 Å². The lowest BCUT2D eigenvalue weighted by Crippen LogP contribution is -2.23. The average molecular weight is 397 g/mol. The van der Waals surface area contributed by atoms with Crippen molar-refractivity contribution in [2.45, 2.75) is 109 Å². The summed E-state index contributed by atoms with van der Waals surface area (Å²) in [6, 6.07) is 0. The topological polar surface area (TPSA) is 43.4 Å². The molecule has 0 aromatic carbocycles. The van der Waals surface area contributed by atoms with Crippen molar-refractivity contribution >= 4 is 23.5 Å².